The number of nitrogens with one attached hydrogen (secondary N) is 1. The third-order valence-electron chi connectivity index (χ3n) is 4.91. The van der Waals surface area contributed by atoms with Crippen LogP contribution in [-0.4, -0.2) is 28.5 Å². The topological polar surface area (TPSA) is 75.7 Å². The lowest BCUT2D eigenvalue weighted by atomic mass is 10.2. The van der Waals surface area contributed by atoms with Gasteiger partial charge >= 0.3 is 0 Å². The van der Waals surface area contributed by atoms with E-state index in [-0.39, 0.29) is 10.6 Å². The second-order valence-corrected chi connectivity index (χ2v) is 8.79. The van der Waals surface area contributed by atoms with Crippen LogP contribution in [0.25, 0.3) is 6.08 Å². The van der Waals surface area contributed by atoms with Crippen molar-refractivity contribution >= 4 is 52.2 Å². The van der Waals surface area contributed by atoms with Gasteiger partial charge in [-0.1, -0.05) is 41.9 Å². The molecule has 3 aromatic rings. The maximum atomic E-state index is 13.7. The number of carbonyl (C=O) groups is 3. The molecule has 0 aliphatic carbocycles. The van der Waals surface area contributed by atoms with E-state index in [1.165, 1.54) is 6.08 Å². The van der Waals surface area contributed by atoms with E-state index in [0.29, 0.717) is 40.8 Å². The molecule has 3 aromatic carbocycles. The molecule has 0 atom stereocenters. The molecular weight excluding hydrogens is 498 g/mol. The summed E-state index contributed by atoms with van der Waals surface area (Å²) < 4.78 is 32.5. The summed E-state index contributed by atoms with van der Waals surface area (Å²) in [5.41, 5.74) is 1.24. The van der Waals surface area contributed by atoms with Gasteiger partial charge in [0, 0.05) is 16.7 Å². The van der Waals surface area contributed by atoms with E-state index in [1.54, 1.807) is 30.3 Å². The Balaban J connectivity index is 1.37. The summed E-state index contributed by atoms with van der Waals surface area (Å²) >= 11 is 6.82. The Bertz CT molecular complexity index is 1330. The number of amides is 3. The molecule has 0 bridgehead atoms. The fraction of sp³-hybridized carbons (Fsp3) is 0.0800. The molecule has 1 aliphatic heterocycles. The highest BCUT2D eigenvalue weighted by atomic mass is 35.5. The highest BCUT2D eigenvalue weighted by Crippen LogP contribution is 2.32. The molecule has 0 spiro atoms. The number of anilines is 1. The van der Waals surface area contributed by atoms with Crippen molar-refractivity contribution in [3.63, 3.8) is 0 Å². The molecule has 1 aliphatic rings. The van der Waals surface area contributed by atoms with Crippen LogP contribution in [0.15, 0.2) is 71.6 Å². The van der Waals surface area contributed by atoms with Crippen LogP contribution in [-0.2, 0) is 16.2 Å². The second kappa shape index (κ2) is 10.7. The number of hydrogen-bond acceptors (Lipinski definition) is 5. The van der Waals surface area contributed by atoms with Crippen molar-refractivity contribution in [2.45, 2.75) is 6.61 Å². The summed E-state index contributed by atoms with van der Waals surface area (Å²) in [5, 5.41) is 2.20. The van der Waals surface area contributed by atoms with Gasteiger partial charge in [0.25, 0.3) is 11.1 Å². The van der Waals surface area contributed by atoms with Crippen LogP contribution in [0.2, 0.25) is 5.02 Å². The van der Waals surface area contributed by atoms with E-state index in [0.717, 1.165) is 22.6 Å². The molecule has 0 radical (unpaired) electrons. The minimum absolute atomic E-state index is 0.139. The first-order chi connectivity index (χ1) is 16.8. The van der Waals surface area contributed by atoms with Crippen molar-refractivity contribution in [3.8, 4) is 5.75 Å². The van der Waals surface area contributed by atoms with Gasteiger partial charge in [-0.15, -0.1) is 0 Å². The zero-order chi connectivity index (χ0) is 24.9. The molecule has 4 rings (SSSR count). The number of benzene rings is 3. The van der Waals surface area contributed by atoms with E-state index in [2.05, 4.69) is 5.32 Å². The number of nitrogens with zero attached hydrogens (tertiary/aromatic N) is 1. The third-order valence-corrected chi connectivity index (χ3v) is 6.19. The minimum Gasteiger partial charge on any atom is -0.489 e. The molecule has 1 fully saturated rings. The maximum absolute atomic E-state index is 13.7. The molecule has 0 saturated carbocycles. The number of hydrogen-bond donors (Lipinski definition) is 1. The van der Waals surface area contributed by atoms with Crippen molar-refractivity contribution in [1.29, 1.82) is 0 Å². The van der Waals surface area contributed by atoms with E-state index in [1.807, 2.05) is 18.2 Å². The average Bonchev–Trinajstić information content (AvgIpc) is 3.08. The largest absolute Gasteiger partial charge is 0.489 e. The Morgan fingerprint density at radius 2 is 1.80 bits per heavy atom. The van der Waals surface area contributed by atoms with Gasteiger partial charge in [0.2, 0.25) is 5.91 Å². The molecule has 35 heavy (non-hydrogen) atoms. The molecule has 1 saturated heterocycles. The molecule has 6 nitrogen and oxygen atoms in total. The monoisotopic (exact) mass is 514 g/mol. The number of imide groups is 1. The first kappa shape index (κ1) is 24.4. The van der Waals surface area contributed by atoms with Gasteiger partial charge in [-0.05, 0) is 53.7 Å². The lowest BCUT2D eigenvalue weighted by Gasteiger charge is -2.12. The fourth-order valence-electron chi connectivity index (χ4n) is 3.15. The average molecular weight is 515 g/mol. The SMILES string of the molecule is O=C(CN1C(=O)S/C(=C/c2ccc(OCc3ccccc3Cl)cc2)C1=O)Nc1ccc(F)cc1F. The minimum atomic E-state index is -0.966. The van der Waals surface area contributed by atoms with Crippen LogP contribution in [0.4, 0.5) is 19.3 Å². The summed E-state index contributed by atoms with van der Waals surface area (Å²) in [7, 11) is 0. The third kappa shape index (κ3) is 6.06. The van der Waals surface area contributed by atoms with Gasteiger partial charge in [-0.2, -0.15) is 0 Å². The first-order valence-corrected chi connectivity index (χ1v) is 11.5. The molecule has 178 valence electrons. The van der Waals surface area contributed by atoms with Gasteiger partial charge in [-0.25, -0.2) is 8.78 Å². The quantitative estimate of drug-likeness (QED) is 0.399. The van der Waals surface area contributed by atoms with Gasteiger partial charge in [0.05, 0.1) is 10.6 Å². The van der Waals surface area contributed by atoms with E-state index >= 15 is 0 Å². The van der Waals surface area contributed by atoms with E-state index < -0.39 is 35.2 Å². The van der Waals surface area contributed by atoms with Crippen LogP contribution < -0.4 is 10.1 Å². The Hall–Kier alpha value is -3.69. The highest BCUT2D eigenvalue weighted by molar-refractivity contribution is 8.18. The highest BCUT2D eigenvalue weighted by Gasteiger charge is 2.36. The lowest BCUT2D eigenvalue weighted by Crippen LogP contribution is -2.36. The molecule has 1 heterocycles. The zero-order valence-electron chi connectivity index (χ0n) is 18.0. The summed E-state index contributed by atoms with van der Waals surface area (Å²) in [4.78, 5) is 38.0. The number of halogens is 3. The zero-order valence-corrected chi connectivity index (χ0v) is 19.5. The summed E-state index contributed by atoms with van der Waals surface area (Å²) in [5.74, 6) is -2.60. The molecule has 3 amide bonds. The number of ether oxygens (including phenoxy) is 1. The van der Waals surface area contributed by atoms with Gasteiger partial charge in [0.15, 0.2) is 0 Å². The number of thioether (sulfide) groups is 1. The Morgan fingerprint density at radius 1 is 1.06 bits per heavy atom. The van der Waals surface area contributed by atoms with Crippen molar-refractivity contribution in [2.24, 2.45) is 0 Å². The number of rotatable bonds is 7. The predicted octanol–water partition coefficient (Wildman–Crippen LogP) is 5.87. The Labute approximate surface area is 208 Å². The van der Waals surface area contributed by atoms with Crippen molar-refractivity contribution in [1.82, 2.24) is 4.90 Å². The smallest absolute Gasteiger partial charge is 0.294 e. The van der Waals surface area contributed by atoms with Crippen LogP contribution in [0, 0.1) is 11.6 Å². The van der Waals surface area contributed by atoms with Crippen LogP contribution in [0.1, 0.15) is 11.1 Å². The van der Waals surface area contributed by atoms with E-state index in [4.69, 9.17) is 16.3 Å². The van der Waals surface area contributed by atoms with Crippen LogP contribution in [0.5, 0.6) is 5.75 Å². The van der Waals surface area contributed by atoms with Gasteiger partial charge in [-0.3, -0.25) is 19.3 Å². The summed E-state index contributed by atoms with van der Waals surface area (Å²) in [6.45, 7) is -0.310. The van der Waals surface area contributed by atoms with Gasteiger partial charge in [0.1, 0.15) is 30.5 Å². The van der Waals surface area contributed by atoms with E-state index in [9.17, 15) is 23.2 Å². The molecule has 0 aromatic heterocycles. The standard InChI is InChI=1S/C25H17ClF2N2O4S/c26-19-4-2-1-3-16(19)14-34-18-8-5-15(6-9-18)11-22-24(32)30(25(33)35-22)13-23(31)29-21-10-7-17(27)12-20(21)28/h1-12H,13-14H2,(H,29,31)/b22-11+. The first-order valence-electron chi connectivity index (χ1n) is 10.3. The van der Waals surface area contributed by atoms with Crippen molar-refractivity contribution in [3.05, 3.63) is 99.4 Å². The maximum Gasteiger partial charge on any atom is 0.294 e. The number of carbonyl (C=O) groups excluding carboxylic acids is 3. The lowest BCUT2D eigenvalue weighted by molar-refractivity contribution is -0.127. The molecular formula is C25H17ClF2N2O4S. The Kier molecular flexibility index (Phi) is 7.48. The van der Waals surface area contributed by atoms with Crippen LogP contribution >= 0.6 is 23.4 Å². The summed E-state index contributed by atoms with van der Waals surface area (Å²) in [6, 6.07) is 16.9. The second-order valence-electron chi connectivity index (χ2n) is 7.39. The molecule has 0 unspecified atom stereocenters. The van der Waals surface area contributed by atoms with Gasteiger partial charge < -0.3 is 10.1 Å². The Morgan fingerprint density at radius 3 is 2.51 bits per heavy atom. The predicted molar refractivity (Wildman–Crippen MR) is 130 cm³/mol. The van der Waals surface area contributed by atoms with Crippen LogP contribution in [0.3, 0.4) is 0 Å². The fourth-order valence-corrected chi connectivity index (χ4v) is 4.18. The molecule has 10 heteroatoms. The summed E-state index contributed by atoms with van der Waals surface area (Å²) in [6.07, 6.45) is 1.53. The van der Waals surface area contributed by atoms with Crippen molar-refractivity contribution < 1.29 is 27.9 Å². The molecule has 1 N–H and O–H groups in total. The van der Waals surface area contributed by atoms with Crippen molar-refractivity contribution in [2.75, 3.05) is 11.9 Å². The normalized spacial score (nSPS) is 14.5.